The molecule has 0 fully saturated rings. The van der Waals surface area contributed by atoms with Gasteiger partial charge >= 0.3 is 11.7 Å². The largest absolute Gasteiger partial charge is 0.497 e. The fraction of sp³-hybridized carbons (Fsp3) is 0.222. The summed E-state index contributed by atoms with van der Waals surface area (Å²) in [6, 6.07) is 9.38. The van der Waals surface area contributed by atoms with Gasteiger partial charge < -0.3 is 19.5 Å². The molecule has 2 aromatic rings. The number of methoxy groups -OCH3 is 1. The second kappa shape index (κ2) is 9.31. The van der Waals surface area contributed by atoms with Crippen molar-refractivity contribution in [2.45, 2.75) is 13.0 Å². The fourth-order valence-corrected chi connectivity index (χ4v) is 2.07. The van der Waals surface area contributed by atoms with Crippen molar-refractivity contribution in [1.29, 1.82) is 0 Å². The summed E-state index contributed by atoms with van der Waals surface area (Å²) in [5, 5.41) is 13.0. The van der Waals surface area contributed by atoms with Crippen LogP contribution in [0.1, 0.15) is 6.92 Å². The van der Waals surface area contributed by atoms with E-state index < -0.39 is 41.0 Å². The minimum atomic E-state index is -1.20. The molecule has 9 nitrogen and oxygen atoms in total. The highest BCUT2D eigenvalue weighted by atomic mass is 19.1. The van der Waals surface area contributed by atoms with Crippen LogP contribution >= 0.6 is 0 Å². The second-order valence-corrected chi connectivity index (χ2v) is 5.51. The zero-order valence-corrected chi connectivity index (χ0v) is 15.0. The van der Waals surface area contributed by atoms with Gasteiger partial charge in [0.15, 0.2) is 12.7 Å². The van der Waals surface area contributed by atoms with E-state index in [0.29, 0.717) is 11.5 Å². The molecule has 0 saturated heterocycles. The maximum absolute atomic E-state index is 13.3. The van der Waals surface area contributed by atoms with E-state index in [-0.39, 0.29) is 5.69 Å². The molecule has 1 N–H and O–H groups in total. The van der Waals surface area contributed by atoms with Crippen LogP contribution in [0.3, 0.4) is 0 Å². The lowest BCUT2D eigenvalue weighted by Gasteiger charge is -2.14. The normalized spacial score (nSPS) is 11.2. The summed E-state index contributed by atoms with van der Waals surface area (Å²) in [6.07, 6.45) is -1.20. The number of halogens is 1. The third-order valence-electron chi connectivity index (χ3n) is 3.50. The molecule has 1 atom stereocenters. The number of ether oxygens (including phenoxy) is 3. The number of carbonyl (C=O) groups excluding carboxylic acids is 2. The van der Waals surface area contributed by atoms with Crippen molar-refractivity contribution in [3.05, 3.63) is 58.4 Å². The topological polar surface area (TPSA) is 117 Å². The van der Waals surface area contributed by atoms with E-state index in [1.54, 1.807) is 24.3 Å². The van der Waals surface area contributed by atoms with Crippen LogP contribution in [-0.4, -0.2) is 36.6 Å². The molecule has 0 spiro atoms. The first kappa shape index (κ1) is 20.6. The average molecular weight is 392 g/mol. The van der Waals surface area contributed by atoms with E-state index in [4.69, 9.17) is 14.2 Å². The third kappa shape index (κ3) is 5.66. The number of nitro groups is 1. The zero-order valence-electron chi connectivity index (χ0n) is 15.0. The van der Waals surface area contributed by atoms with Gasteiger partial charge in [-0.1, -0.05) is 0 Å². The van der Waals surface area contributed by atoms with Gasteiger partial charge in [-0.25, -0.2) is 4.79 Å². The highest BCUT2D eigenvalue weighted by Crippen LogP contribution is 2.22. The Morgan fingerprint density at radius 2 is 1.82 bits per heavy atom. The number of hydrogen-bond donors (Lipinski definition) is 1. The molecule has 0 aliphatic rings. The van der Waals surface area contributed by atoms with Crippen LogP contribution in [0.5, 0.6) is 11.5 Å². The minimum Gasteiger partial charge on any atom is -0.497 e. The van der Waals surface area contributed by atoms with Gasteiger partial charge in [-0.15, -0.1) is 0 Å². The number of esters is 1. The lowest BCUT2D eigenvalue weighted by molar-refractivity contribution is -0.387. The van der Waals surface area contributed by atoms with E-state index in [1.165, 1.54) is 14.0 Å². The summed E-state index contributed by atoms with van der Waals surface area (Å²) in [5.74, 6) is -1.52. The molecule has 0 aliphatic heterocycles. The summed E-state index contributed by atoms with van der Waals surface area (Å²) < 4.78 is 28.5. The second-order valence-electron chi connectivity index (χ2n) is 5.51. The molecule has 0 heterocycles. The smallest absolute Gasteiger partial charge is 0.344 e. The third-order valence-corrected chi connectivity index (χ3v) is 3.50. The van der Waals surface area contributed by atoms with Gasteiger partial charge in [0, 0.05) is 11.8 Å². The van der Waals surface area contributed by atoms with Gasteiger partial charge in [0.1, 0.15) is 11.5 Å². The summed E-state index contributed by atoms with van der Waals surface area (Å²) >= 11 is 0. The first-order valence-corrected chi connectivity index (χ1v) is 8.01. The van der Waals surface area contributed by atoms with Crippen molar-refractivity contribution in [1.82, 2.24) is 0 Å². The highest BCUT2D eigenvalue weighted by molar-refractivity contribution is 5.95. The summed E-state index contributed by atoms with van der Waals surface area (Å²) in [7, 11) is 1.52. The van der Waals surface area contributed by atoms with Crippen LogP contribution in [0, 0.1) is 15.9 Å². The summed E-state index contributed by atoms with van der Waals surface area (Å²) in [5.41, 5.74) is -0.786. The summed E-state index contributed by atoms with van der Waals surface area (Å²) in [4.78, 5) is 33.7. The Morgan fingerprint density at radius 3 is 2.43 bits per heavy atom. The Hall–Kier alpha value is -3.69. The number of carbonyl (C=O) groups is 2. The van der Waals surface area contributed by atoms with E-state index in [0.717, 1.165) is 18.2 Å². The van der Waals surface area contributed by atoms with Gasteiger partial charge in [-0.3, -0.25) is 14.9 Å². The average Bonchev–Trinajstić information content (AvgIpc) is 2.67. The molecule has 148 valence electrons. The predicted molar refractivity (Wildman–Crippen MR) is 95.7 cm³/mol. The van der Waals surface area contributed by atoms with Crippen LogP contribution in [0.15, 0.2) is 42.5 Å². The monoisotopic (exact) mass is 392 g/mol. The number of rotatable bonds is 8. The molecule has 2 rings (SSSR count). The predicted octanol–water partition coefficient (Wildman–Crippen LogP) is 2.69. The fourth-order valence-electron chi connectivity index (χ4n) is 2.07. The van der Waals surface area contributed by atoms with Crippen LogP contribution in [0.25, 0.3) is 0 Å². The van der Waals surface area contributed by atoms with Crippen LogP contribution in [0.4, 0.5) is 15.8 Å². The Labute approximate surface area is 159 Å². The number of nitro benzene ring substituents is 1. The zero-order chi connectivity index (χ0) is 20.7. The molecular weight excluding hydrogens is 375 g/mol. The van der Waals surface area contributed by atoms with E-state index in [1.807, 2.05) is 0 Å². The molecule has 0 aliphatic carbocycles. The summed E-state index contributed by atoms with van der Waals surface area (Å²) in [6.45, 7) is 0.893. The maximum atomic E-state index is 13.3. The molecule has 0 saturated carbocycles. The van der Waals surface area contributed by atoms with Gasteiger partial charge in [-0.05, 0) is 43.3 Å². The Bertz CT molecular complexity index is 871. The highest BCUT2D eigenvalue weighted by Gasteiger charge is 2.20. The lowest BCUT2D eigenvalue weighted by Crippen LogP contribution is -2.31. The first-order valence-electron chi connectivity index (χ1n) is 8.01. The molecular formula is C18H17FN2O7. The number of amides is 1. The molecule has 1 amide bonds. The molecule has 2 aromatic carbocycles. The van der Waals surface area contributed by atoms with Crippen molar-refractivity contribution in [3.8, 4) is 11.5 Å². The van der Waals surface area contributed by atoms with Crippen molar-refractivity contribution >= 4 is 23.3 Å². The van der Waals surface area contributed by atoms with E-state index in [2.05, 4.69) is 5.32 Å². The number of nitrogens with one attached hydrogen (secondary N) is 1. The standard InChI is InChI=1S/C18H17FN2O7/c1-11(18(23)20-12-3-8-15(19)16(9-12)21(24)25)28-17(22)10-27-14-6-4-13(26-2)5-7-14/h3-9,11H,10H2,1-2H3,(H,20,23)/t11-/m0/s1. The van der Waals surface area contributed by atoms with Crippen molar-refractivity contribution in [2.75, 3.05) is 19.0 Å². The lowest BCUT2D eigenvalue weighted by atomic mass is 10.2. The minimum absolute atomic E-state index is 0.00418. The number of anilines is 1. The van der Waals surface area contributed by atoms with E-state index in [9.17, 15) is 24.1 Å². The number of hydrogen-bond acceptors (Lipinski definition) is 7. The maximum Gasteiger partial charge on any atom is 0.344 e. The number of benzene rings is 2. The Balaban J connectivity index is 1.86. The molecule has 10 heteroatoms. The SMILES string of the molecule is COc1ccc(OCC(=O)O[C@@H](C)C(=O)Nc2ccc(F)c([N+](=O)[O-])c2)cc1. The van der Waals surface area contributed by atoms with Gasteiger partial charge in [-0.2, -0.15) is 4.39 Å². The van der Waals surface area contributed by atoms with Gasteiger partial charge in [0.25, 0.3) is 5.91 Å². The molecule has 28 heavy (non-hydrogen) atoms. The van der Waals surface area contributed by atoms with Crippen molar-refractivity contribution in [3.63, 3.8) is 0 Å². The van der Waals surface area contributed by atoms with Crippen molar-refractivity contribution in [2.24, 2.45) is 0 Å². The quantitative estimate of drug-likeness (QED) is 0.417. The molecule has 0 radical (unpaired) electrons. The van der Waals surface area contributed by atoms with E-state index >= 15 is 0 Å². The Kier molecular flexibility index (Phi) is 6.85. The van der Waals surface area contributed by atoms with Crippen LogP contribution in [-0.2, 0) is 14.3 Å². The molecule has 0 aromatic heterocycles. The van der Waals surface area contributed by atoms with Gasteiger partial charge in [0.2, 0.25) is 5.82 Å². The first-order chi connectivity index (χ1) is 13.3. The molecule has 0 bridgehead atoms. The Morgan fingerprint density at radius 1 is 1.18 bits per heavy atom. The van der Waals surface area contributed by atoms with Crippen LogP contribution < -0.4 is 14.8 Å². The number of nitrogens with zero attached hydrogens (tertiary/aromatic N) is 1. The van der Waals surface area contributed by atoms with Gasteiger partial charge in [0.05, 0.1) is 12.0 Å². The van der Waals surface area contributed by atoms with Crippen LogP contribution in [0.2, 0.25) is 0 Å². The van der Waals surface area contributed by atoms with Crippen molar-refractivity contribution < 1.29 is 33.1 Å². The molecule has 0 unspecified atom stereocenters.